The summed E-state index contributed by atoms with van der Waals surface area (Å²) in [7, 11) is 0. The smallest absolute Gasteiger partial charge is 0.252 e. The predicted octanol–water partition coefficient (Wildman–Crippen LogP) is 1.06. The maximum Gasteiger partial charge on any atom is 0.252 e. The summed E-state index contributed by atoms with van der Waals surface area (Å²) in [5.41, 5.74) is 6.76. The lowest BCUT2D eigenvalue weighted by atomic mass is 10.2. The van der Waals surface area contributed by atoms with Gasteiger partial charge in [0.2, 0.25) is 5.95 Å². The Labute approximate surface area is 125 Å². The third-order valence-corrected chi connectivity index (χ3v) is 2.45. The Hall–Kier alpha value is -3.16. The fraction of sp³-hybridized carbons (Fsp3) is 0.0714. The molecule has 0 aliphatic heterocycles. The van der Waals surface area contributed by atoms with E-state index in [2.05, 4.69) is 25.3 Å². The van der Waals surface area contributed by atoms with Gasteiger partial charge in [0.1, 0.15) is 12.2 Å². The zero-order valence-electron chi connectivity index (χ0n) is 11.5. The molecule has 2 aromatic heterocycles. The molecule has 0 aliphatic carbocycles. The molecule has 0 radical (unpaired) electrons. The van der Waals surface area contributed by atoms with Crippen molar-refractivity contribution in [3.8, 4) is 0 Å². The maximum absolute atomic E-state index is 12.9. The van der Waals surface area contributed by atoms with Gasteiger partial charge in [-0.15, -0.1) is 0 Å². The third-order valence-electron chi connectivity index (χ3n) is 2.45. The van der Waals surface area contributed by atoms with Gasteiger partial charge < -0.3 is 11.1 Å². The zero-order valence-corrected chi connectivity index (χ0v) is 11.5. The Morgan fingerprint density at radius 1 is 1.41 bits per heavy atom. The van der Waals surface area contributed by atoms with Crippen molar-refractivity contribution in [3.05, 3.63) is 60.8 Å². The van der Waals surface area contributed by atoms with E-state index in [-0.39, 0.29) is 12.3 Å². The van der Waals surface area contributed by atoms with Gasteiger partial charge in [0.05, 0.1) is 6.42 Å². The van der Waals surface area contributed by atoms with E-state index in [1.165, 1.54) is 43.3 Å². The highest BCUT2D eigenvalue weighted by molar-refractivity contribution is 6.00. The number of carbonyl (C=O) groups is 1. The van der Waals surface area contributed by atoms with Crippen molar-refractivity contribution in [2.75, 3.05) is 5.32 Å². The Morgan fingerprint density at radius 3 is 2.91 bits per heavy atom. The van der Waals surface area contributed by atoms with Crippen LogP contribution in [-0.2, 0) is 11.2 Å². The molecule has 0 fully saturated rings. The molecule has 2 rings (SSSR count). The minimum Gasteiger partial charge on any atom is -0.384 e. The minimum atomic E-state index is -0.597. The first-order valence-electron chi connectivity index (χ1n) is 6.29. The number of carbonyl (C=O) groups excluding carboxylic acids is 1. The number of halogens is 1. The summed E-state index contributed by atoms with van der Waals surface area (Å²) in [6.07, 6.45) is 8.69. The van der Waals surface area contributed by atoms with Crippen LogP contribution in [0.2, 0.25) is 0 Å². The monoisotopic (exact) mass is 300 g/mol. The van der Waals surface area contributed by atoms with Gasteiger partial charge in [-0.3, -0.25) is 4.79 Å². The van der Waals surface area contributed by atoms with Crippen LogP contribution in [0, 0.1) is 5.95 Å². The number of nitrogens with two attached hydrogens (primary N) is 1. The van der Waals surface area contributed by atoms with E-state index in [4.69, 9.17) is 5.73 Å². The van der Waals surface area contributed by atoms with Crippen LogP contribution in [0.5, 0.6) is 0 Å². The lowest BCUT2D eigenvalue weighted by Gasteiger charge is -1.99. The van der Waals surface area contributed by atoms with Gasteiger partial charge in [-0.1, -0.05) is 0 Å². The highest BCUT2D eigenvalue weighted by atomic mass is 19.1. The molecular formula is C14H13FN6O. The molecule has 0 saturated carbocycles. The number of aliphatic imine (C=N–C) groups is 1. The highest BCUT2D eigenvalue weighted by Crippen LogP contribution is 2.06. The molecule has 2 aromatic rings. The van der Waals surface area contributed by atoms with E-state index in [0.29, 0.717) is 11.3 Å². The van der Waals surface area contributed by atoms with E-state index in [9.17, 15) is 9.18 Å². The Balaban J connectivity index is 1.89. The molecule has 3 N–H and O–H groups in total. The van der Waals surface area contributed by atoms with E-state index in [1.807, 2.05) is 0 Å². The summed E-state index contributed by atoms with van der Waals surface area (Å²) < 4.78 is 12.9. The third kappa shape index (κ3) is 5.08. The standard InChI is InChI=1S/C14H13FN6O/c15-12-6-11(1-3-20-12)19-4-2-13(16)21-14(22)5-10-7-17-9-18-8-10/h1-4,6-9H,5H2,(H,19,20)(H2,16,21,22)/b4-2-. The first-order chi connectivity index (χ1) is 10.6. The molecule has 8 heteroatoms. The van der Waals surface area contributed by atoms with Gasteiger partial charge in [-0.2, -0.15) is 9.38 Å². The van der Waals surface area contributed by atoms with Crippen molar-refractivity contribution >= 4 is 17.4 Å². The van der Waals surface area contributed by atoms with Crippen molar-refractivity contribution in [1.29, 1.82) is 0 Å². The number of hydrogen-bond acceptors (Lipinski definition) is 5. The van der Waals surface area contributed by atoms with Crippen molar-refractivity contribution in [1.82, 2.24) is 15.0 Å². The number of nitrogens with one attached hydrogen (secondary N) is 1. The number of pyridine rings is 1. The number of aromatic nitrogens is 3. The first-order valence-corrected chi connectivity index (χ1v) is 6.29. The molecule has 7 nitrogen and oxygen atoms in total. The fourth-order valence-corrected chi connectivity index (χ4v) is 1.53. The van der Waals surface area contributed by atoms with Crippen LogP contribution in [0.3, 0.4) is 0 Å². The van der Waals surface area contributed by atoms with E-state index >= 15 is 0 Å². The van der Waals surface area contributed by atoms with E-state index < -0.39 is 11.9 Å². The maximum atomic E-state index is 12.9. The molecular weight excluding hydrogens is 287 g/mol. The predicted molar refractivity (Wildman–Crippen MR) is 79.3 cm³/mol. The van der Waals surface area contributed by atoms with Crippen molar-refractivity contribution in [2.24, 2.45) is 10.7 Å². The fourth-order valence-electron chi connectivity index (χ4n) is 1.53. The molecule has 112 valence electrons. The molecule has 0 aliphatic rings. The second-order valence-corrected chi connectivity index (χ2v) is 4.20. The largest absolute Gasteiger partial charge is 0.384 e. The van der Waals surface area contributed by atoms with Gasteiger partial charge in [-0.05, 0) is 17.7 Å². The normalized spacial score (nSPS) is 11.6. The molecule has 0 saturated heterocycles. The quantitative estimate of drug-likeness (QED) is 0.486. The van der Waals surface area contributed by atoms with Crippen molar-refractivity contribution < 1.29 is 9.18 Å². The summed E-state index contributed by atoms with van der Waals surface area (Å²) in [4.78, 5) is 26.4. The Bertz CT molecular complexity index is 701. The van der Waals surface area contributed by atoms with Gasteiger partial charge in [0.25, 0.3) is 5.91 Å². The van der Waals surface area contributed by atoms with Gasteiger partial charge in [-0.25, -0.2) is 15.0 Å². The summed E-state index contributed by atoms with van der Waals surface area (Å²) in [5, 5.41) is 2.79. The summed E-state index contributed by atoms with van der Waals surface area (Å²) in [6, 6.07) is 2.81. The molecule has 0 unspecified atom stereocenters. The van der Waals surface area contributed by atoms with Gasteiger partial charge >= 0.3 is 0 Å². The first kappa shape index (κ1) is 15.2. The number of nitrogens with zero attached hydrogens (tertiary/aromatic N) is 4. The Morgan fingerprint density at radius 2 is 2.18 bits per heavy atom. The zero-order chi connectivity index (χ0) is 15.8. The summed E-state index contributed by atoms with van der Waals surface area (Å²) in [6.45, 7) is 0. The van der Waals surface area contributed by atoms with Crippen LogP contribution >= 0.6 is 0 Å². The molecule has 0 aromatic carbocycles. The van der Waals surface area contributed by atoms with Crippen LogP contribution in [0.25, 0.3) is 0 Å². The number of hydrogen-bond donors (Lipinski definition) is 2. The Kier molecular flexibility index (Phi) is 5.25. The molecule has 2 heterocycles. The molecule has 0 spiro atoms. The van der Waals surface area contributed by atoms with Gasteiger partial charge in [0.15, 0.2) is 0 Å². The van der Waals surface area contributed by atoms with Crippen LogP contribution in [-0.4, -0.2) is 26.7 Å². The molecule has 0 bridgehead atoms. The van der Waals surface area contributed by atoms with Gasteiger partial charge in [0, 0.05) is 36.5 Å². The number of anilines is 1. The van der Waals surface area contributed by atoms with Crippen LogP contribution < -0.4 is 11.1 Å². The molecule has 22 heavy (non-hydrogen) atoms. The van der Waals surface area contributed by atoms with Crippen LogP contribution in [0.1, 0.15) is 5.56 Å². The molecule has 0 atom stereocenters. The SMILES string of the molecule is NC(/C=C\Nc1ccnc(F)c1)=NC(=O)Cc1cncnc1. The second-order valence-electron chi connectivity index (χ2n) is 4.20. The lowest BCUT2D eigenvalue weighted by molar-refractivity contribution is -0.117. The van der Waals surface area contributed by atoms with E-state index in [1.54, 1.807) is 6.07 Å². The summed E-state index contributed by atoms with van der Waals surface area (Å²) >= 11 is 0. The second kappa shape index (κ2) is 7.58. The topological polar surface area (TPSA) is 106 Å². The minimum absolute atomic E-state index is 0.0314. The lowest BCUT2D eigenvalue weighted by Crippen LogP contribution is -2.13. The van der Waals surface area contributed by atoms with Crippen molar-refractivity contribution in [2.45, 2.75) is 6.42 Å². The average Bonchev–Trinajstić information content (AvgIpc) is 2.48. The van der Waals surface area contributed by atoms with Crippen LogP contribution in [0.15, 0.2) is 54.3 Å². The number of rotatable bonds is 5. The highest BCUT2D eigenvalue weighted by Gasteiger charge is 2.02. The average molecular weight is 300 g/mol. The summed E-state index contributed by atoms with van der Waals surface area (Å²) in [5.74, 6) is -0.976. The number of amidine groups is 1. The van der Waals surface area contributed by atoms with Crippen LogP contribution in [0.4, 0.5) is 10.1 Å². The molecule has 1 amide bonds. The van der Waals surface area contributed by atoms with Crippen molar-refractivity contribution in [3.63, 3.8) is 0 Å². The van der Waals surface area contributed by atoms with E-state index in [0.717, 1.165) is 0 Å². The number of amides is 1.